The number of hydrogen-bond acceptors (Lipinski definition) is 8. The summed E-state index contributed by atoms with van der Waals surface area (Å²) < 4.78 is 6.18. The second-order valence-electron chi connectivity index (χ2n) is 13.5. The average Bonchev–Trinajstić information content (AvgIpc) is 4.03. The van der Waals surface area contributed by atoms with Gasteiger partial charge in [0.1, 0.15) is 23.7 Å². The molecule has 16 heteroatoms. The number of methoxy groups -OCH3 is 1. The molecule has 2 saturated heterocycles. The van der Waals surface area contributed by atoms with Gasteiger partial charge in [-0.1, -0.05) is 48.5 Å². The highest BCUT2D eigenvalue weighted by molar-refractivity contribution is 5.86. The van der Waals surface area contributed by atoms with Gasteiger partial charge in [0.05, 0.1) is 49.5 Å². The zero-order valence-electron chi connectivity index (χ0n) is 29.9. The molecule has 0 saturated carbocycles. The summed E-state index contributed by atoms with van der Waals surface area (Å²) in [5, 5.41) is 18.4. The minimum absolute atomic E-state index is 0.0892. The summed E-state index contributed by atoms with van der Waals surface area (Å²) in [6, 6.07) is 15.8. The van der Waals surface area contributed by atoms with Gasteiger partial charge in [-0.05, 0) is 60.9 Å². The highest BCUT2D eigenvalue weighted by Crippen LogP contribution is 2.34. The molecule has 0 spiro atoms. The van der Waals surface area contributed by atoms with Crippen molar-refractivity contribution in [3.05, 3.63) is 91.0 Å². The van der Waals surface area contributed by atoms with E-state index in [1.54, 1.807) is 47.6 Å². The number of nitrogens with zero attached hydrogens (tertiary/aromatic N) is 6. The van der Waals surface area contributed by atoms with Gasteiger partial charge in [0, 0.05) is 25.5 Å². The molecule has 4 atom stereocenters. The fourth-order valence-electron chi connectivity index (χ4n) is 7.30. The third-order valence-electron chi connectivity index (χ3n) is 10.0. The maximum atomic E-state index is 13.6. The highest BCUT2D eigenvalue weighted by atomic mass is 16.5. The van der Waals surface area contributed by atoms with Crippen LogP contribution in [-0.2, 0) is 20.9 Å². The summed E-state index contributed by atoms with van der Waals surface area (Å²) in [6.07, 6.45) is 8.00. The molecule has 0 bridgehead atoms. The number of H-pyrrole nitrogens is 2. The number of aromatic amines is 2. The molecule has 5 aromatic rings. The first-order valence-electron chi connectivity index (χ1n) is 17.9. The number of ether oxygens (including phenoxy) is 1. The number of rotatable bonds is 11. The van der Waals surface area contributed by atoms with Crippen molar-refractivity contribution in [2.45, 2.75) is 63.3 Å². The molecule has 54 heavy (non-hydrogen) atoms. The van der Waals surface area contributed by atoms with Gasteiger partial charge >= 0.3 is 12.2 Å². The minimum Gasteiger partial charge on any atom is -0.465 e. The molecule has 3 aromatic heterocycles. The van der Waals surface area contributed by atoms with Crippen LogP contribution in [-0.4, -0.2) is 101 Å². The summed E-state index contributed by atoms with van der Waals surface area (Å²) in [7, 11) is 1.27. The molecule has 2 fully saturated rings. The number of carbonyl (C=O) groups excluding carboxylic acids is 3. The van der Waals surface area contributed by atoms with Gasteiger partial charge in [-0.2, -0.15) is 5.10 Å². The Morgan fingerprint density at radius 1 is 0.815 bits per heavy atom. The van der Waals surface area contributed by atoms with E-state index in [9.17, 15) is 24.3 Å². The predicted molar refractivity (Wildman–Crippen MR) is 197 cm³/mol. The van der Waals surface area contributed by atoms with Gasteiger partial charge in [0.2, 0.25) is 11.8 Å². The van der Waals surface area contributed by atoms with Gasteiger partial charge < -0.3 is 40.2 Å². The Bertz CT molecular complexity index is 2090. The Kier molecular flexibility index (Phi) is 10.4. The van der Waals surface area contributed by atoms with Crippen LogP contribution < -0.4 is 10.6 Å². The molecule has 4 amide bonds. The number of benzene rings is 2. The van der Waals surface area contributed by atoms with Crippen molar-refractivity contribution >= 4 is 24.0 Å². The SMILES string of the molecule is COC(=O)N[C@@H](C)C(=O)N1CCC[C@H]1c1ncc(-c2ccc(-c3ccc(-c4cnc([C@@H]5CCCN5C(=O)[C@H](Cn5cccn5)NC(=O)O)[nH]4)cc3)cc2)[nH]1. The third kappa shape index (κ3) is 7.67. The van der Waals surface area contributed by atoms with Crippen LogP contribution in [0.3, 0.4) is 0 Å². The Labute approximate surface area is 310 Å². The Morgan fingerprint density at radius 3 is 1.81 bits per heavy atom. The van der Waals surface area contributed by atoms with Crippen molar-refractivity contribution in [1.29, 1.82) is 0 Å². The Morgan fingerprint density at radius 2 is 1.33 bits per heavy atom. The molecule has 2 aromatic carbocycles. The minimum atomic E-state index is -1.27. The molecule has 0 aliphatic carbocycles. The summed E-state index contributed by atoms with van der Waals surface area (Å²) in [5.74, 6) is 0.868. The number of likely N-dealkylation sites (tertiary alicyclic amines) is 2. The van der Waals surface area contributed by atoms with E-state index in [4.69, 9.17) is 0 Å². The Balaban J connectivity index is 0.994. The van der Waals surface area contributed by atoms with E-state index in [0.717, 1.165) is 52.9 Å². The second-order valence-corrected chi connectivity index (χ2v) is 13.5. The van der Waals surface area contributed by atoms with Crippen molar-refractivity contribution in [2.75, 3.05) is 20.2 Å². The average molecular weight is 735 g/mol. The monoisotopic (exact) mass is 734 g/mol. The van der Waals surface area contributed by atoms with Crippen LogP contribution in [0, 0.1) is 0 Å². The van der Waals surface area contributed by atoms with Gasteiger partial charge in [0.25, 0.3) is 0 Å². The van der Waals surface area contributed by atoms with Gasteiger partial charge in [-0.3, -0.25) is 14.3 Å². The number of aromatic nitrogens is 6. The molecule has 2 aliphatic rings. The zero-order chi connectivity index (χ0) is 37.8. The molecule has 5 N–H and O–H groups in total. The first kappa shape index (κ1) is 35.9. The van der Waals surface area contributed by atoms with Crippen LogP contribution in [0.1, 0.15) is 56.3 Å². The standard InChI is InChI=1S/C38H42N10O6/c1-23(42-38(53)54-2)35(49)47-18-3-6-31(47)33-39-20-28(43-33)26-12-8-24(9-13-26)25-10-14-27(15-11-25)29-21-40-34(44-29)32-7-4-19-48(32)36(50)30(45-37(51)52)22-46-17-5-16-41-46/h5,8-17,20-21,23,30-32,45H,3-4,6-7,18-19,22H2,1-2H3,(H,39,43)(H,40,44)(H,42,53)(H,51,52)/t23-,30-,31-,32-/m0/s1. The molecule has 0 radical (unpaired) electrons. The van der Waals surface area contributed by atoms with E-state index in [-0.39, 0.29) is 30.4 Å². The highest BCUT2D eigenvalue weighted by Gasteiger charge is 2.37. The van der Waals surface area contributed by atoms with Gasteiger partial charge in [-0.25, -0.2) is 19.6 Å². The lowest BCUT2D eigenvalue weighted by atomic mass is 10.0. The lowest BCUT2D eigenvalue weighted by Gasteiger charge is -2.27. The van der Waals surface area contributed by atoms with Crippen molar-refractivity contribution in [3.63, 3.8) is 0 Å². The number of hydrogen-bond donors (Lipinski definition) is 5. The number of imidazole rings is 2. The van der Waals surface area contributed by atoms with Crippen molar-refractivity contribution in [3.8, 4) is 33.6 Å². The number of nitrogens with one attached hydrogen (secondary N) is 4. The topological polar surface area (TPSA) is 203 Å². The van der Waals surface area contributed by atoms with Crippen molar-refractivity contribution in [1.82, 2.24) is 50.1 Å². The zero-order valence-corrected chi connectivity index (χ0v) is 29.9. The Hall–Kier alpha value is -6.45. The van der Waals surface area contributed by atoms with Crippen LogP contribution >= 0.6 is 0 Å². The summed E-state index contributed by atoms with van der Waals surface area (Å²) >= 11 is 0. The third-order valence-corrected chi connectivity index (χ3v) is 10.0. The van der Waals surface area contributed by atoms with Crippen LogP contribution in [0.5, 0.6) is 0 Å². The second kappa shape index (κ2) is 15.7. The number of amides is 4. The predicted octanol–water partition coefficient (Wildman–Crippen LogP) is 4.74. The molecule has 16 nitrogen and oxygen atoms in total. The van der Waals surface area contributed by atoms with E-state index >= 15 is 0 Å². The van der Waals surface area contributed by atoms with Crippen LogP contribution in [0.15, 0.2) is 79.4 Å². The maximum absolute atomic E-state index is 13.6. The van der Waals surface area contributed by atoms with Crippen molar-refractivity contribution in [2.24, 2.45) is 0 Å². The van der Waals surface area contributed by atoms with Gasteiger partial charge in [-0.15, -0.1) is 0 Å². The first-order valence-corrected chi connectivity index (χ1v) is 17.9. The van der Waals surface area contributed by atoms with E-state index in [2.05, 4.69) is 52.5 Å². The molecule has 2 aliphatic heterocycles. The fourth-order valence-corrected chi connectivity index (χ4v) is 7.30. The lowest BCUT2D eigenvalue weighted by molar-refractivity contribution is -0.135. The number of carboxylic acid groups (broad SMARTS) is 1. The lowest BCUT2D eigenvalue weighted by Crippen LogP contribution is -2.50. The number of alkyl carbamates (subject to hydrolysis) is 1. The molecule has 0 unspecified atom stereocenters. The normalized spacial score (nSPS) is 18.0. The van der Waals surface area contributed by atoms with E-state index in [1.165, 1.54) is 11.8 Å². The molecular formula is C38H42N10O6. The van der Waals surface area contributed by atoms with Crippen molar-refractivity contribution < 1.29 is 29.0 Å². The van der Waals surface area contributed by atoms with Crippen LogP contribution in [0.2, 0.25) is 0 Å². The number of carbonyl (C=O) groups is 4. The molecular weight excluding hydrogens is 692 g/mol. The first-order chi connectivity index (χ1) is 26.2. The van der Waals surface area contributed by atoms with Crippen LogP contribution in [0.25, 0.3) is 33.6 Å². The summed E-state index contributed by atoms with van der Waals surface area (Å²) in [6.45, 7) is 2.82. The van der Waals surface area contributed by atoms with Crippen LogP contribution in [0.4, 0.5) is 9.59 Å². The van der Waals surface area contributed by atoms with E-state index in [1.807, 2.05) is 36.4 Å². The van der Waals surface area contributed by atoms with E-state index < -0.39 is 24.3 Å². The molecule has 280 valence electrons. The maximum Gasteiger partial charge on any atom is 0.407 e. The summed E-state index contributed by atoms with van der Waals surface area (Å²) in [4.78, 5) is 69.3. The van der Waals surface area contributed by atoms with Gasteiger partial charge in [0.15, 0.2) is 0 Å². The fraction of sp³-hybridized carbons (Fsp3) is 0.342. The molecule has 5 heterocycles. The smallest absolute Gasteiger partial charge is 0.407 e. The van der Waals surface area contributed by atoms with E-state index in [0.29, 0.717) is 31.2 Å². The molecule has 7 rings (SSSR count). The quantitative estimate of drug-likeness (QED) is 0.127. The largest absolute Gasteiger partial charge is 0.465 e. The summed E-state index contributed by atoms with van der Waals surface area (Å²) in [5.41, 5.74) is 5.63.